The Kier molecular flexibility index (Phi) is 5.47. The lowest BCUT2D eigenvalue weighted by Gasteiger charge is -2.32. The molecule has 0 radical (unpaired) electrons. The largest absolute Gasteiger partial charge is 0.497 e. The summed E-state index contributed by atoms with van der Waals surface area (Å²) in [5.74, 6) is 2.20. The Hall–Kier alpha value is -2.95. The minimum Gasteiger partial charge on any atom is -0.497 e. The molecule has 1 amide bonds. The van der Waals surface area contributed by atoms with Gasteiger partial charge in [-0.2, -0.15) is 0 Å². The molecule has 4 rings (SSSR count). The van der Waals surface area contributed by atoms with Gasteiger partial charge in [0.25, 0.3) is 5.91 Å². The average Bonchev–Trinajstić information content (AvgIpc) is 3.16. The zero-order valence-electron chi connectivity index (χ0n) is 17.3. The monoisotopic (exact) mass is 392 g/mol. The number of carbonyl (C=O) groups excluding carboxylic acids is 1. The molecular weight excluding hydrogens is 364 g/mol. The highest BCUT2D eigenvalue weighted by Gasteiger charge is 2.26. The predicted molar refractivity (Wildman–Crippen MR) is 115 cm³/mol. The van der Waals surface area contributed by atoms with Crippen molar-refractivity contribution in [2.45, 2.75) is 32.6 Å². The molecule has 1 aliphatic rings. The van der Waals surface area contributed by atoms with Gasteiger partial charge in [-0.15, -0.1) is 0 Å². The Morgan fingerprint density at radius 3 is 2.55 bits per heavy atom. The van der Waals surface area contributed by atoms with E-state index in [0.29, 0.717) is 5.92 Å². The first-order chi connectivity index (χ1) is 14.1. The van der Waals surface area contributed by atoms with Gasteiger partial charge >= 0.3 is 0 Å². The number of nitrogens with zero attached hydrogens (tertiary/aromatic N) is 1. The van der Waals surface area contributed by atoms with Crippen LogP contribution in [0.2, 0.25) is 0 Å². The molecule has 2 heterocycles. The van der Waals surface area contributed by atoms with Gasteiger partial charge in [0.1, 0.15) is 11.5 Å². The Bertz CT molecular complexity index is 996. The lowest BCUT2D eigenvalue weighted by Crippen LogP contribution is -2.40. The van der Waals surface area contributed by atoms with E-state index >= 15 is 0 Å². The highest BCUT2D eigenvalue weighted by Crippen LogP contribution is 2.34. The van der Waals surface area contributed by atoms with Gasteiger partial charge < -0.3 is 19.4 Å². The van der Waals surface area contributed by atoms with Crippen LogP contribution in [0, 0.1) is 13.8 Å². The molecule has 1 N–H and O–H groups in total. The normalized spacial score (nSPS) is 14.9. The molecule has 152 valence electrons. The number of methoxy groups -OCH3 is 1. The van der Waals surface area contributed by atoms with E-state index in [9.17, 15) is 4.79 Å². The Morgan fingerprint density at radius 1 is 1.14 bits per heavy atom. The SMILES string of the molecule is COc1ccc2[nH]cc(C3CCN(C(=O)COc4c(C)cccc4C)CC3)c2c1. The fourth-order valence-corrected chi connectivity index (χ4v) is 4.28. The lowest BCUT2D eigenvalue weighted by molar-refractivity contribution is -0.134. The maximum atomic E-state index is 12.7. The summed E-state index contributed by atoms with van der Waals surface area (Å²) in [7, 11) is 1.69. The highest BCUT2D eigenvalue weighted by molar-refractivity contribution is 5.85. The maximum Gasteiger partial charge on any atom is 0.260 e. The number of para-hydroxylation sites is 1. The number of ether oxygens (including phenoxy) is 2. The quantitative estimate of drug-likeness (QED) is 0.692. The number of aromatic nitrogens is 1. The second kappa shape index (κ2) is 8.19. The number of H-pyrrole nitrogens is 1. The molecule has 0 aliphatic carbocycles. The zero-order valence-corrected chi connectivity index (χ0v) is 17.3. The molecule has 1 saturated heterocycles. The smallest absolute Gasteiger partial charge is 0.260 e. The van der Waals surface area contributed by atoms with Crippen LogP contribution in [0.5, 0.6) is 11.5 Å². The average molecular weight is 392 g/mol. The molecule has 2 aromatic carbocycles. The van der Waals surface area contributed by atoms with Crippen LogP contribution >= 0.6 is 0 Å². The van der Waals surface area contributed by atoms with E-state index in [1.165, 1.54) is 10.9 Å². The van der Waals surface area contributed by atoms with E-state index in [1.54, 1.807) is 7.11 Å². The summed E-state index contributed by atoms with van der Waals surface area (Å²) in [6, 6.07) is 12.1. The molecule has 0 bridgehead atoms. The first-order valence-electron chi connectivity index (χ1n) is 10.2. The van der Waals surface area contributed by atoms with Crippen molar-refractivity contribution in [3.05, 3.63) is 59.3 Å². The number of nitrogens with one attached hydrogen (secondary N) is 1. The van der Waals surface area contributed by atoms with Gasteiger partial charge in [-0.25, -0.2) is 0 Å². The predicted octanol–water partition coefficient (Wildman–Crippen LogP) is 4.58. The number of aromatic amines is 1. The summed E-state index contributed by atoms with van der Waals surface area (Å²) >= 11 is 0. The maximum absolute atomic E-state index is 12.7. The molecule has 29 heavy (non-hydrogen) atoms. The van der Waals surface area contributed by atoms with Crippen LogP contribution in [-0.2, 0) is 4.79 Å². The van der Waals surface area contributed by atoms with Crippen molar-refractivity contribution in [2.75, 3.05) is 26.8 Å². The molecule has 0 saturated carbocycles. The van der Waals surface area contributed by atoms with Crippen LogP contribution in [0.1, 0.15) is 35.4 Å². The van der Waals surface area contributed by atoms with E-state index in [4.69, 9.17) is 9.47 Å². The van der Waals surface area contributed by atoms with Gasteiger partial charge in [0.05, 0.1) is 7.11 Å². The zero-order chi connectivity index (χ0) is 20.4. The van der Waals surface area contributed by atoms with Crippen molar-refractivity contribution in [3.63, 3.8) is 0 Å². The summed E-state index contributed by atoms with van der Waals surface area (Å²) < 4.78 is 11.2. The highest BCUT2D eigenvalue weighted by atomic mass is 16.5. The van der Waals surface area contributed by atoms with E-state index in [2.05, 4.69) is 23.3 Å². The summed E-state index contributed by atoms with van der Waals surface area (Å²) in [6.07, 6.45) is 4.02. The summed E-state index contributed by atoms with van der Waals surface area (Å²) in [5, 5.41) is 1.22. The number of rotatable bonds is 5. The van der Waals surface area contributed by atoms with Gasteiger partial charge in [-0.3, -0.25) is 4.79 Å². The third kappa shape index (κ3) is 3.95. The summed E-state index contributed by atoms with van der Waals surface area (Å²) in [4.78, 5) is 18.0. The second-order valence-electron chi connectivity index (χ2n) is 7.82. The van der Waals surface area contributed by atoms with E-state index in [-0.39, 0.29) is 12.5 Å². The molecular formula is C24H28N2O3. The van der Waals surface area contributed by atoms with Crippen LogP contribution in [0.25, 0.3) is 10.9 Å². The van der Waals surface area contributed by atoms with E-state index in [1.807, 2.05) is 43.0 Å². The van der Waals surface area contributed by atoms with Gasteiger partial charge in [-0.1, -0.05) is 18.2 Å². The Morgan fingerprint density at radius 2 is 1.86 bits per heavy atom. The van der Waals surface area contributed by atoms with Crippen molar-refractivity contribution >= 4 is 16.8 Å². The number of piperidine rings is 1. The molecule has 1 fully saturated rings. The molecule has 1 aliphatic heterocycles. The minimum atomic E-state index is 0.0618. The van der Waals surface area contributed by atoms with Gasteiger partial charge in [0, 0.05) is 30.2 Å². The topological polar surface area (TPSA) is 54.6 Å². The standard InChI is InChI=1S/C24H28N2O3/c1-16-5-4-6-17(2)24(16)29-15-23(27)26-11-9-18(10-12-26)21-14-25-22-8-7-19(28-3)13-20(21)22/h4-8,13-14,18,25H,9-12,15H2,1-3H3. The Labute approximate surface area is 171 Å². The fourth-order valence-electron chi connectivity index (χ4n) is 4.28. The fraction of sp³-hybridized carbons (Fsp3) is 0.375. The number of likely N-dealkylation sites (tertiary alicyclic amines) is 1. The lowest BCUT2D eigenvalue weighted by atomic mass is 9.89. The number of hydrogen-bond acceptors (Lipinski definition) is 3. The van der Waals surface area contributed by atoms with Crippen molar-refractivity contribution < 1.29 is 14.3 Å². The molecule has 3 aromatic rings. The van der Waals surface area contributed by atoms with Crippen molar-refractivity contribution in [2.24, 2.45) is 0 Å². The van der Waals surface area contributed by atoms with E-state index < -0.39 is 0 Å². The summed E-state index contributed by atoms with van der Waals surface area (Å²) in [6.45, 7) is 5.64. The number of aryl methyl sites for hydroxylation is 2. The number of fused-ring (bicyclic) bond motifs is 1. The third-order valence-electron chi connectivity index (χ3n) is 5.96. The summed E-state index contributed by atoms with van der Waals surface area (Å²) in [5.41, 5.74) is 4.57. The van der Waals surface area contributed by atoms with Gasteiger partial charge in [-0.05, 0) is 67.5 Å². The number of carbonyl (C=O) groups is 1. The minimum absolute atomic E-state index is 0.0618. The number of amides is 1. The van der Waals surface area contributed by atoms with Crippen molar-refractivity contribution in [1.29, 1.82) is 0 Å². The first kappa shape index (κ1) is 19.4. The van der Waals surface area contributed by atoms with Crippen molar-refractivity contribution in [3.8, 4) is 11.5 Å². The van der Waals surface area contributed by atoms with Crippen LogP contribution < -0.4 is 9.47 Å². The molecule has 5 heteroatoms. The van der Waals surface area contributed by atoms with Gasteiger partial charge in [0.2, 0.25) is 0 Å². The second-order valence-corrected chi connectivity index (χ2v) is 7.82. The van der Waals surface area contributed by atoms with Crippen molar-refractivity contribution in [1.82, 2.24) is 9.88 Å². The van der Waals surface area contributed by atoms with Crippen LogP contribution in [0.3, 0.4) is 0 Å². The first-order valence-corrected chi connectivity index (χ1v) is 10.2. The molecule has 0 spiro atoms. The van der Waals surface area contributed by atoms with Crippen LogP contribution in [0.15, 0.2) is 42.6 Å². The number of benzene rings is 2. The van der Waals surface area contributed by atoms with Crippen LogP contribution in [0.4, 0.5) is 0 Å². The number of hydrogen-bond donors (Lipinski definition) is 1. The molecule has 0 unspecified atom stereocenters. The third-order valence-corrected chi connectivity index (χ3v) is 5.96. The Balaban J connectivity index is 1.37. The van der Waals surface area contributed by atoms with E-state index in [0.717, 1.165) is 54.1 Å². The van der Waals surface area contributed by atoms with Crippen LogP contribution in [-0.4, -0.2) is 42.6 Å². The van der Waals surface area contributed by atoms with Gasteiger partial charge in [0.15, 0.2) is 6.61 Å². The molecule has 1 aromatic heterocycles. The molecule has 0 atom stereocenters. The molecule has 5 nitrogen and oxygen atoms in total.